The molecule has 25 heavy (non-hydrogen) atoms. The van der Waals surface area contributed by atoms with E-state index < -0.39 is 0 Å². The summed E-state index contributed by atoms with van der Waals surface area (Å²) in [4.78, 5) is 2.58. The van der Waals surface area contributed by atoms with Gasteiger partial charge >= 0.3 is 0 Å². The van der Waals surface area contributed by atoms with Crippen molar-refractivity contribution in [1.29, 1.82) is 0 Å². The maximum absolute atomic E-state index is 4.94. The fourth-order valence-electron chi connectivity index (χ4n) is 2.88. The maximum Gasteiger partial charge on any atom is 0.106 e. The van der Waals surface area contributed by atoms with Crippen molar-refractivity contribution in [3.63, 3.8) is 0 Å². The Balaban J connectivity index is 0.000000122. The Morgan fingerprint density at radius 1 is 0.760 bits per heavy atom. The van der Waals surface area contributed by atoms with E-state index in [4.69, 9.17) is 14.2 Å². The summed E-state index contributed by atoms with van der Waals surface area (Å²) >= 11 is 0. The Kier molecular flexibility index (Phi) is 10.8. The highest BCUT2D eigenvalue weighted by molar-refractivity contribution is 5.03. The molecule has 1 aromatic rings. The highest BCUT2D eigenvalue weighted by Crippen LogP contribution is 2.26. The highest BCUT2D eigenvalue weighted by Gasteiger charge is 2.24. The summed E-state index contributed by atoms with van der Waals surface area (Å²) in [6.45, 7) is 8.02. The van der Waals surface area contributed by atoms with Crippen molar-refractivity contribution in [2.45, 2.75) is 19.3 Å². The molecule has 140 valence electrons. The van der Waals surface area contributed by atoms with Gasteiger partial charge in [0.1, 0.15) is 6.61 Å². The van der Waals surface area contributed by atoms with Crippen LogP contribution in [0, 0.1) is 5.92 Å². The second-order valence-corrected chi connectivity index (χ2v) is 6.18. The topological polar surface area (TPSA) is 44.1 Å². The Bertz CT molecular complexity index is 383. The lowest BCUT2D eigenvalue weighted by Crippen LogP contribution is -2.41. The van der Waals surface area contributed by atoms with Crippen molar-refractivity contribution in [1.82, 2.24) is 4.90 Å². The molecule has 2 bridgehead atoms. The predicted octanol–water partition coefficient (Wildman–Crippen LogP) is 3.50. The monoisotopic (exact) mass is 349 g/mol. The van der Waals surface area contributed by atoms with Crippen molar-refractivity contribution in [3.05, 3.63) is 49.1 Å². The molecule has 1 aromatic heterocycles. The fourth-order valence-corrected chi connectivity index (χ4v) is 2.88. The Morgan fingerprint density at radius 3 is 1.52 bits per heavy atom. The van der Waals surface area contributed by atoms with Crippen LogP contribution in [-0.2, 0) is 14.2 Å². The van der Waals surface area contributed by atoms with E-state index in [0.717, 1.165) is 39.0 Å². The predicted molar refractivity (Wildman–Crippen MR) is 98.4 cm³/mol. The molecule has 0 unspecified atom stereocenters. The van der Waals surface area contributed by atoms with Gasteiger partial charge in [-0.15, -0.1) is 0 Å². The minimum absolute atomic E-state index is 0.733. The van der Waals surface area contributed by atoms with Crippen LogP contribution in [0.25, 0.3) is 0 Å². The van der Waals surface area contributed by atoms with Gasteiger partial charge in [0.2, 0.25) is 0 Å². The van der Waals surface area contributed by atoms with E-state index in [-0.39, 0.29) is 0 Å². The molecule has 4 saturated heterocycles. The minimum atomic E-state index is 0.733. The van der Waals surface area contributed by atoms with Gasteiger partial charge in [0, 0.05) is 0 Å². The van der Waals surface area contributed by atoms with Gasteiger partial charge in [-0.3, -0.25) is 0 Å². The zero-order valence-corrected chi connectivity index (χ0v) is 15.1. The number of piperidine rings is 3. The standard InChI is InChI=1S/C7H13N.C5H6O.C4H8O2.C4H4O/c1-4-8-5-2-7(1)3-6-8;1-2-4-6-5-3-1;1-2-6-4-3-5-1;1-2-4-5-3-1/h7H,1-6H2;1-4H,5H2;1-4H2;1-4H. The molecule has 5 heteroatoms. The minimum Gasteiger partial charge on any atom is -0.497 e. The molecule has 0 spiro atoms. The molecule has 0 aliphatic carbocycles. The fraction of sp³-hybridized carbons (Fsp3) is 0.600. The van der Waals surface area contributed by atoms with Gasteiger partial charge in [-0.2, -0.15) is 0 Å². The van der Waals surface area contributed by atoms with Gasteiger partial charge in [-0.05, 0) is 69.1 Å². The smallest absolute Gasteiger partial charge is 0.106 e. The molecule has 4 fully saturated rings. The molecule has 0 saturated carbocycles. The summed E-state index contributed by atoms with van der Waals surface area (Å²) in [6.07, 6.45) is 15.2. The molecule has 5 aliphatic heterocycles. The number of allylic oxidation sites excluding steroid dienone is 2. The zero-order valence-electron chi connectivity index (χ0n) is 15.1. The van der Waals surface area contributed by atoms with Gasteiger partial charge in [0.15, 0.2) is 0 Å². The average Bonchev–Trinajstić information content (AvgIpc) is 3.33. The number of hydrogen-bond donors (Lipinski definition) is 0. The van der Waals surface area contributed by atoms with E-state index in [1.807, 2.05) is 30.4 Å². The number of hydrogen-bond acceptors (Lipinski definition) is 5. The van der Waals surface area contributed by atoms with Crippen LogP contribution in [0.5, 0.6) is 0 Å². The van der Waals surface area contributed by atoms with Gasteiger partial charge in [-0.25, -0.2) is 0 Å². The van der Waals surface area contributed by atoms with E-state index in [9.17, 15) is 0 Å². The Labute approximate surface area is 151 Å². The summed E-state index contributed by atoms with van der Waals surface area (Å²) in [6, 6.07) is 3.67. The molecule has 6 rings (SSSR count). The third-order valence-corrected chi connectivity index (χ3v) is 4.34. The first-order valence-corrected chi connectivity index (χ1v) is 9.23. The first-order valence-electron chi connectivity index (χ1n) is 9.23. The van der Waals surface area contributed by atoms with Crippen LogP contribution >= 0.6 is 0 Å². The van der Waals surface area contributed by atoms with Crippen LogP contribution in [0.2, 0.25) is 0 Å². The summed E-state index contributed by atoms with van der Waals surface area (Å²) < 4.78 is 19.3. The molecule has 0 atom stereocenters. The zero-order chi connectivity index (χ0) is 17.4. The van der Waals surface area contributed by atoms with E-state index in [1.54, 1.807) is 18.8 Å². The average molecular weight is 349 g/mol. The number of nitrogens with zero attached hydrogens (tertiary/aromatic N) is 1. The van der Waals surface area contributed by atoms with Crippen LogP contribution in [-0.4, -0.2) is 57.6 Å². The van der Waals surface area contributed by atoms with E-state index in [1.165, 1.54) is 38.9 Å². The number of rotatable bonds is 0. The molecule has 0 amide bonds. The molecule has 5 nitrogen and oxygen atoms in total. The highest BCUT2D eigenvalue weighted by atomic mass is 16.6. The molecule has 5 aliphatic rings. The number of fused-ring (bicyclic) bond motifs is 3. The molecule has 0 aromatic carbocycles. The number of ether oxygens (including phenoxy) is 3. The SMILES string of the molecule is C1=CCOC=C1.C1CN2CCC1CC2.C1COCCO1.c1ccoc1. The van der Waals surface area contributed by atoms with E-state index in [0.29, 0.717) is 0 Å². The lowest BCUT2D eigenvalue weighted by Gasteiger charge is -2.38. The van der Waals surface area contributed by atoms with E-state index in [2.05, 4.69) is 9.32 Å². The van der Waals surface area contributed by atoms with Crippen LogP contribution in [0.15, 0.2) is 53.6 Å². The summed E-state index contributed by atoms with van der Waals surface area (Å²) in [5.74, 6) is 1.11. The van der Waals surface area contributed by atoms with Crippen molar-refractivity contribution >= 4 is 0 Å². The molecule has 0 radical (unpaired) electrons. The molecule has 0 N–H and O–H groups in total. The van der Waals surface area contributed by atoms with E-state index >= 15 is 0 Å². The normalized spacial score (nSPS) is 25.9. The first kappa shape index (κ1) is 19.8. The third-order valence-electron chi connectivity index (χ3n) is 4.34. The van der Waals surface area contributed by atoms with Crippen molar-refractivity contribution in [3.8, 4) is 0 Å². The van der Waals surface area contributed by atoms with Crippen LogP contribution in [0.4, 0.5) is 0 Å². The van der Waals surface area contributed by atoms with Gasteiger partial charge in [0.05, 0.1) is 45.2 Å². The Hall–Kier alpha value is -1.56. The van der Waals surface area contributed by atoms with Gasteiger partial charge in [-0.1, -0.05) is 6.08 Å². The molecular formula is C20H31NO4. The largest absolute Gasteiger partial charge is 0.497 e. The molecule has 6 heterocycles. The quantitative estimate of drug-likeness (QED) is 0.717. The van der Waals surface area contributed by atoms with Crippen LogP contribution in [0.1, 0.15) is 19.3 Å². The Morgan fingerprint density at radius 2 is 1.36 bits per heavy atom. The maximum atomic E-state index is 4.94. The van der Waals surface area contributed by atoms with Crippen LogP contribution < -0.4 is 0 Å². The summed E-state index contributed by atoms with van der Waals surface area (Å²) in [5, 5.41) is 0. The van der Waals surface area contributed by atoms with Gasteiger partial charge in [0.25, 0.3) is 0 Å². The van der Waals surface area contributed by atoms with Crippen molar-refractivity contribution in [2.24, 2.45) is 5.92 Å². The van der Waals surface area contributed by atoms with Crippen LogP contribution in [0.3, 0.4) is 0 Å². The van der Waals surface area contributed by atoms with Gasteiger partial charge < -0.3 is 23.5 Å². The third kappa shape index (κ3) is 10.1. The lowest BCUT2D eigenvalue weighted by molar-refractivity contribution is -0.0334. The number of furan rings is 1. The second kappa shape index (κ2) is 13.7. The summed E-state index contributed by atoms with van der Waals surface area (Å²) in [5.41, 5.74) is 0. The molecular weight excluding hydrogens is 318 g/mol. The van der Waals surface area contributed by atoms with Crippen molar-refractivity contribution < 1.29 is 18.6 Å². The van der Waals surface area contributed by atoms with Crippen molar-refractivity contribution in [2.75, 3.05) is 52.7 Å². The first-order chi connectivity index (χ1) is 12.4. The lowest BCUT2D eigenvalue weighted by atomic mass is 9.89. The second-order valence-electron chi connectivity index (χ2n) is 6.18. The summed E-state index contributed by atoms with van der Waals surface area (Å²) in [7, 11) is 0.